The molecule has 5 heteroatoms. The van der Waals surface area contributed by atoms with Gasteiger partial charge in [0.05, 0.1) is 18.7 Å². The van der Waals surface area contributed by atoms with Crippen molar-refractivity contribution in [3.05, 3.63) is 65.7 Å². The number of anilines is 1. The number of hydrogen-bond acceptors (Lipinski definition) is 3. The summed E-state index contributed by atoms with van der Waals surface area (Å²) in [6.07, 6.45) is 2.67. The molecule has 1 aliphatic heterocycles. The molecule has 29 heavy (non-hydrogen) atoms. The Morgan fingerprint density at radius 3 is 2.59 bits per heavy atom. The van der Waals surface area contributed by atoms with Crippen LogP contribution in [0.4, 0.5) is 5.69 Å². The van der Waals surface area contributed by atoms with E-state index in [9.17, 15) is 5.11 Å². The zero-order valence-corrected chi connectivity index (χ0v) is 17.6. The van der Waals surface area contributed by atoms with Crippen LogP contribution in [0.3, 0.4) is 0 Å². The lowest BCUT2D eigenvalue weighted by Crippen LogP contribution is -2.39. The minimum absolute atomic E-state index is 0.126. The maximum atomic E-state index is 10.4. The zero-order chi connectivity index (χ0) is 20.5. The number of hydrogen-bond donors (Lipinski definition) is 3. The Labute approximate surface area is 174 Å². The van der Waals surface area contributed by atoms with Crippen molar-refractivity contribution in [1.82, 2.24) is 10.6 Å². The number of aliphatic imine (C=N–C) groups is 1. The number of rotatable bonds is 8. The third-order valence-electron chi connectivity index (χ3n) is 5.31. The summed E-state index contributed by atoms with van der Waals surface area (Å²) in [5, 5.41) is 17.1. The molecule has 3 rings (SSSR count). The molecule has 2 unspecified atom stereocenters. The van der Waals surface area contributed by atoms with Crippen LogP contribution in [0.5, 0.6) is 0 Å². The standard InChI is InChI=1S/C24H34N4O/c1-3-25-24(26-18-23(29)16-20-10-5-4-6-11-20)27-19(2)21-12-9-13-22(17-21)28-14-7-8-15-28/h4-6,9-13,17,19,23,29H,3,7-8,14-16,18H2,1-2H3,(H2,25,26,27). The van der Waals surface area contributed by atoms with Gasteiger partial charge in [-0.15, -0.1) is 0 Å². The Kier molecular flexibility index (Phi) is 7.94. The molecule has 0 radical (unpaired) electrons. The minimum Gasteiger partial charge on any atom is -0.391 e. The lowest BCUT2D eigenvalue weighted by Gasteiger charge is -2.22. The van der Waals surface area contributed by atoms with E-state index in [1.54, 1.807) is 0 Å². The first-order valence-corrected chi connectivity index (χ1v) is 10.8. The Hall–Kier alpha value is -2.53. The number of aliphatic hydroxyl groups is 1. The van der Waals surface area contributed by atoms with E-state index in [0.717, 1.165) is 31.2 Å². The average Bonchev–Trinajstić information content (AvgIpc) is 3.28. The van der Waals surface area contributed by atoms with Gasteiger partial charge in [0.1, 0.15) is 0 Å². The summed E-state index contributed by atoms with van der Waals surface area (Å²) in [7, 11) is 0. The highest BCUT2D eigenvalue weighted by molar-refractivity contribution is 5.80. The molecule has 0 amide bonds. The fourth-order valence-corrected chi connectivity index (χ4v) is 3.72. The van der Waals surface area contributed by atoms with Crippen LogP contribution in [0.1, 0.15) is 43.9 Å². The van der Waals surface area contributed by atoms with Crippen LogP contribution in [0.15, 0.2) is 59.6 Å². The van der Waals surface area contributed by atoms with Gasteiger partial charge in [-0.2, -0.15) is 0 Å². The van der Waals surface area contributed by atoms with Crippen molar-refractivity contribution >= 4 is 11.6 Å². The van der Waals surface area contributed by atoms with E-state index in [-0.39, 0.29) is 6.04 Å². The summed E-state index contributed by atoms with van der Waals surface area (Å²) in [5.74, 6) is 0.735. The predicted molar refractivity (Wildman–Crippen MR) is 122 cm³/mol. The third kappa shape index (κ3) is 6.50. The summed E-state index contributed by atoms with van der Waals surface area (Å²) in [5.41, 5.74) is 3.67. The highest BCUT2D eigenvalue weighted by atomic mass is 16.3. The van der Waals surface area contributed by atoms with Gasteiger partial charge in [0, 0.05) is 31.7 Å². The summed E-state index contributed by atoms with van der Waals surface area (Å²) >= 11 is 0. The maximum absolute atomic E-state index is 10.4. The highest BCUT2D eigenvalue weighted by Crippen LogP contribution is 2.23. The Balaban J connectivity index is 1.60. The molecule has 1 fully saturated rings. The van der Waals surface area contributed by atoms with Crippen LogP contribution in [0, 0.1) is 0 Å². The van der Waals surface area contributed by atoms with E-state index >= 15 is 0 Å². The van der Waals surface area contributed by atoms with Crippen LogP contribution in [0.2, 0.25) is 0 Å². The molecule has 1 aliphatic rings. The van der Waals surface area contributed by atoms with Gasteiger partial charge in [0.15, 0.2) is 5.96 Å². The number of nitrogens with zero attached hydrogens (tertiary/aromatic N) is 2. The van der Waals surface area contributed by atoms with Crippen molar-refractivity contribution < 1.29 is 5.11 Å². The number of guanidine groups is 1. The zero-order valence-electron chi connectivity index (χ0n) is 17.6. The van der Waals surface area contributed by atoms with Crippen molar-refractivity contribution in [3.63, 3.8) is 0 Å². The number of aliphatic hydroxyl groups excluding tert-OH is 1. The van der Waals surface area contributed by atoms with Crippen molar-refractivity contribution in [3.8, 4) is 0 Å². The molecule has 2 aromatic rings. The van der Waals surface area contributed by atoms with Crippen molar-refractivity contribution in [2.24, 2.45) is 4.99 Å². The van der Waals surface area contributed by atoms with Crippen molar-refractivity contribution in [2.45, 2.75) is 45.3 Å². The van der Waals surface area contributed by atoms with Crippen molar-refractivity contribution in [2.75, 3.05) is 31.1 Å². The summed E-state index contributed by atoms with van der Waals surface area (Å²) in [4.78, 5) is 7.06. The summed E-state index contributed by atoms with van der Waals surface area (Å²) in [6.45, 7) is 7.64. The molecule has 2 aromatic carbocycles. The monoisotopic (exact) mass is 394 g/mol. The second-order valence-electron chi connectivity index (χ2n) is 7.72. The normalized spacial score (nSPS) is 16.5. The largest absolute Gasteiger partial charge is 0.391 e. The van der Waals surface area contributed by atoms with Gasteiger partial charge in [-0.05, 0) is 49.9 Å². The Morgan fingerprint density at radius 1 is 1.10 bits per heavy atom. The average molecular weight is 395 g/mol. The summed E-state index contributed by atoms with van der Waals surface area (Å²) < 4.78 is 0. The first-order chi connectivity index (χ1) is 14.2. The van der Waals surface area contributed by atoms with Gasteiger partial charge in [0.25, 0.3) is 0 Å². The minimum atomic E-state index is -0.498. The van der Waals surface area contributed by atoms with E-state index in [4.69, 9.17) is 0 Å². The lowest BCUT2D eigenvalue weighted by atomic mass is 10.1. The molecule has 5 nitrogen and oxygen atoms in total. The molecule has 0 bridgehead atoms. The Bertz CT molecular complexity index is 771. The second kappa shape index (κ2) is 10.9. The number of nitrogens with one attached hydrogen (secondary N) is 2. The molecule has 3 N–H and O–H groups in total. The van der Waals surface area contributed by atoms with Crippen LogP contribution >= 0.6 is 0 Å². The van der Waals surface area contributed by atoms with Gasteiger partial charge in [-0.3, -0.25) is 4.99 Å². The molecule has 0 aliphatic carbocycles. The molecular weight excluding hydrogens is 360 g/mol. The van der Waals surface area contributed by atoms with E-state index in [0.29, 0.717) is 13.0 Å². The first kappa shape index (κ1) is 21.2. The maximum Gasteiger partial charge on any atom is 0.191 e. The SMILES string of the molecule is CCNC(=NCC(O)Cc1ccccc1)NC(C)c1cccc(N2CCCC2)c1. The van der Waals surface area contributed by atoms with E-state index in [1.165, 1.54) is 24.1 Å². The summed E-state index contributed by atoms with van der Waals surface area (Å²) in [6, 6.07) is 18.9. The number of benzene rings is 2. The molecule has 1 saturated heterocycles. The van der Waals surface area contributed by atoms with Gasteiger partial charge in [-0.25, -0.2) is 0 Å². The van der Waals surface area contributed by atoms with E-state index in [1.807, 2.05) is 30.3 Å². The van der Waals surface area contributed by atoms with Gasteiger partial charge < -0.3 is 20.6 Å². The molecule has 0 saturated carbocycles. The molecule has 1 heterocycles. The molecule has 0 spiro atoms. The molecule has 0 aromatic heterocycles. The van der Waals surface area contributed by atoms with E-state index < -0.39 is 6.10 Å². The second-order valence-corrected chi connectivity index (χ2v) is 7.72. The van der Waals surface area contributed by atoms with Crippen LogP contribution in [-0.4, -0.2) is 43.3 Å². The smallest absolute Gasteiger partial charge is 0.191 e. The van der Waals surface area contributed by atoms with Gasteiger partial charge in [-0.1, -0.05) is 42.5 Å². The van der Waals surface area contributed by atoms with Crippen LogP contribution in [0.25, 0.3) is 0 Å². The highest BCUT2D eigenvalue weighted by Gasteiger charge is 2.15. The molecule has 156 valence electrons. The molecular formula is C24H34N4O. The molecule has 2 atom stereocenters. The topological polar surface area (TPSA) is 59.9 Å². The van der Waals surface area contributed by atoms with Gasteiger partial charge >= 0.3 is 0 Å². The van der Waals surface area contributed by atoms with Crippen LogP contribution < -0.4 is 15.5 Å². The van der Waals surface area contributed by atoms with Crippen LogP contribution in [-0.2, 0) is 6.42 Å². The van der Waals surface area contributed by atoms with Gasteiger partial charge in [0.2, 0.25) is 0 Å². The van der Waals surface area contributed by atoms with E-state index in [2.05, 4.69) is 58.6 Å². The third-order valence-corrected chi connectivity index (χ3v) is 5.31. The van der Waals surface area contributed by atoms with Crippen molar-refractivity contribution in [1.29, 1.82) is 0 Å². The quantitative estimate of drug-likeness (QED) is 0.474. The predicted octanol–water partition coefficient (Wildman–Crippen LogP) is 3.51. The first-order valence-electron chi connectivity index (χ1n) is 10.8. The lowest BCUT2D eigenvalue weighted by molar-refractivity contribution is 0.183. The fraction of sp³-hybridized carbons (Fsp3) is 0.458. The Morgan fingerprint density at radius 2 is 1.86 bits per heavy atom. The fourth-order valence-electron chi connectivity index (χ4n) is 3.72.